The fourth-order valence-corrected chi connectivity index (χ4v) is 3.34. The first-order valence-corrected chi connectivity index (χ1v) is 9.03. The van der Waals surface area contributed by atoms with E-state index in [1.807, 2.05) is 37.4 Å². The number of thiazole rings is 1. The predicted molar refractivity (Wildman–Crippen MR) is 102 cm³/mol. The molecule has 0 spiro atoms. The topological polar surface area (TPSA) is 42.4 Å². The lowest BCUT2D eigenvalue weighted by molar-refractivity contribution is -0.115. The Morgan fingerprint density at radius 3 is 2.65 bits per heavy atom. The van der Waals surface area contributed by atoms with E-state index < -0.39 is 5.82 Å². The van der Waals surface area contributed by atoms with Gasteiger partial charge in [-0.2, -0.15) is 0 Å². The van der Waals surface area contributed by atoms with E-state index in [2.05, 4.69) is 4.98 Å². The molecular weight excluding hydrogens is 351 g/mol. The third kappa shape index (κ3) is 3.91. The van der Waals surface area contributed by atoms with Crippen LogP contribution in [0.15, 0.2) is 47.8 Å². The summed E-state index contributed by atoms with van der Waals surface area (Å²) in [6.07, 6.45) is 0. The van der Waals surface area contributed by atoms with Gasteiger partial charge in [-0.1, -0.05) is 18.2 Å². The molecule has 4 nitrogen and oxygen atoms in total. The van der Waals surface area contributed by atoms with E-state index in [4.69, 9.17) is 4.74 Å². The molecule has 0 aliphatic rings. The summed E-state index contributed by atoms with van der Waals surface area (Å²) in [5, 5.41) is 2.38. The van der Waals surface area contributed by atoms with Crippen molar-refractivity contribution < 1.29 is 13.9 Å². The van der Waals surface area contributed by atoms with Gasteiger partial charge in [-0.3, -0.25) is 9.69 Å². The molecule has 0 N–H and O–H groups in total. The van der Waals surface area contributed by atoms with Crippen LogP contribution in [-0.2, 0) is 11.4 Å². The smallest absolute Gasteiger partial charge is 0.230 e. The number of halogens is 1. The highest BCUT2D eigenvalue weighted by molar-refractivity contribution is 7.14. The summed E-state index contributed by atoms with van der Waals surface area (Å²) in [6.45, 7) is 5.67. The molecule has 0 atom stereocenters. The minimum atomic E-state index is -0.413. The minimum absolute atomic E-state index is 0.121. The largest absolute Gasteiger partial charge is 0.484 e. The van der Waals surface area contributed by atoms with Crippen LogP contribution >= 0.6 is 11.3 Å². The van der Waals surface area contributed by atoms with E-state index in [0.717, 1.165) is 16.8 Å². The molecule has 0 radical (unpaired) electrons. The number of rotatable bonds is 5. The number of para-hydroxylation sites is 1. The first kappa shape index (κ1) is 18.1. The molecule has 0 saturated carbocycles. The van der Waals surface area contributed by atoms with E-state index in [0.29, 0.717) is 10.8 Å². The molecule has 3 aromatic rings. The van der Waals surface area contributed by atoms with Gasteiger partial charge in [-0.15, -0.1) is 11.3 Å². The summed E-state index contributed by atoms with van der Waals surface area (Å²) in [4.78, 5) is 18.2. The number of hydrogen-bond acceptors (Lipinski definition) is 4. The lowest BCUT2D eigenvalue weighted by atomic mass is 10.1. The fraction of sp³-hybridized carbons (Fsp3) is 0.200. The van der Waals surface area contributed by atoms with Gasteiger partial charge in [0.15, 0.2) is 16.7 Å². The van der Waals surface area contributed by atoms with Gasteiger partial charge in [0.25, 0.3) is 0 Å². The SMILES string of the molecule is CC(=O)N(c1ccc(C)c(C)c1)c1nc(COc2ccccc2F)cs1. The number of amides is 1. The average molecular weight is 370 g/mol. The van der Waals surface area contributed by atoms with Crippen LogP contribution in [-0.4, -0.2) is 10.9 Å². The van der Waals surface area contributed by atoms with Crippen molar-refractivity contribution >= 4 is 28.1 Å². The van der Waals surface area contributed by atoms with E-state index in [1.54, 1.807) is 23.1 Å². The van der Waals surface area contributed by atoms with Crippen molar-refractivity contribution in [2.24, 2.45) is 0 Å². The molecule has 134 valence electrons. The Morgan fingerprint density at radius 1 is 1.19 bits per heavy atom. The summed E-state index contributed by atoms with van der Waals surface area (Å²) >= 11 is 1.35. The lowest BCUT2D eigenvalue weighted by Gasteiger charge is -2.19. The summed E-state index contributed by atoms with van der Waals surface area (Å²) in [5.41, 5.74) is 3.68. The third-order valence-electron chi connectivity index (χ3n) is 4.01. The quantitative estimate of drug-likeness (QED) is 0.623. The number of aryl methyl sites for hydroxylation is 2. The molecule has 2 aromatic carbocycles. The summed E-state index contributed by atoms with van der Waals surface area (Å²) in [6, 6.07) is 12.1. The zero-order valence-electron chi connectivity index (χ0n) is 14.8. The van der Waals surface area contributed by atoms with Crippen molar-refractivity contribution in [3.63, 3.8) is 0 Å². The molecule has 3 rings (SSSR count). The molecular formula is C20H19FN2O2S. The van der Waals surface area contributed by atoms with Crippen LogP contribution in [0.5, 0.6) is 5.75 Å². The number of carbonyl (C=O) groups excluding carboxylic acids is 1. The molecule has 0 fully saturated rings. The Labute approximate surface area is 155 Å². The maximum atomic E-state index is 13.6. The molecule has 1 heterocycles. The van der Waals surface area contributed by atoms with Crippen LogP contribution in [0.4, 0.5) is 15.2 Å². The number of ether oxygens (including phenoxy) is 1. The Bertz CT molecular complexity index is 939. The second kappa shape index (κ2) is 7.66. The van der Waals surface area contributed by atoms with Gasteiger partial charge >= 0.3 is 0 Å². The predicted octanol–water partition coefficient (Wildman–Crippen LogP) is 5.16. The van der Waals surface area contributed by atoms with Crippen LogP contribution < -0.4 is 9.64 Å². The van der Waals surface area contributed by atoms with Crippen molar-refractivity contribution in [3.05, 3.63) is 70.5 Å². The molecule has 0 saturated heterocycles. The van der Waals surface area contributed by atoms with Crippen LogP contribution in [0.25, 0.3) is 0 Å². The summed E-state index contributed by atoms with van der Waals surface area (Å²) < 4.78 is 19.1. The zero-order valence-corrected chi connectivity index (χ0v) is 15.6. The summed E-state index contributed by atoms with van der Waals surface area (Å²) in [7, 11) is 0. The van der Waals surface area contributed by atoms with Crippen molar-refractivity contribution in [1.82, 2.24) is 4.98 Å². The molecule has 0 aliphatic carbocycles. The van der Waals surface area contributed by atoms with Gasteiger partial charge in [0.05, 0.1) is 11.4 Å². The zero-order chi connectivity index (χ0) is 18.7. The van der Waals surface area contributed by atoms with E-state index in [1.165, 1.54) is 24.3 Å². The minimum Gasteiger partial charge on any atom is -0.484 e. The van der Waals surface area contributed by atoms with Crippen LogP contribution in [0.1, 0.15) is 23.7 Å². The first-order valence-electron chi connectivity index (χ1n) is 8.15. The second-order valence-electron chi connectivity index (χ2n) is 5.96. The monoisotopic (exact) mass is 370 g/mol. The Kier molecular flexibility index (Phi) is 5.32. The highest BCUT2D eigenvalue weighted by Gasteiger charge is 2.18. The van der Waals surface area contributed by atoms with Crippen molar-refractivity contribution in [2.45, 2.75) is 27.4 Å². The number of nitrogens with zero attached hydrogens (tertiary/aromatic N) is 2. The van der Waals surface area contributed by atoms with E-state index in [9.17, 15) is 9.18 Å². The average Bonchev–Trinajstić information content (AvgIpc) is 3.05. The number of anilines is 2. The maximum Gasteiger partial charge on any atom is 0.230 e. The highest BCUT2D eigenvalue weighted by Crippen LogP contribution is 2.30. The third-order valence-corrected chi connectivity index (χ3v) is 4.88. The molecule has 6 heteroatoms. The maximum absolute atomic E-state index is 13.6. The number of aromatic nitrogens is 1. The number of hydrogen-bond donors (Lipinski definition) is 0. The molecule has 1 amide bonds. The van der Waals surface area contributed by atoms with Crippen LogP contribution in [0.3, 0.4) is 0 Å². The Morgan fingerprint density at radius 2 is 1.96 bits per heavy atom. The molecule has 0 bridgehead atoms. The molecule has 1 aromatic heterocycles. The molecule has 0 aliphatic heterocycles. The standard InChI is InChI=1S/C20H19FN2O2S/c1-13-8-9-17(10-14(13)2)23(15(3)24)20-22-16(12-26-20)11-25-19-7-5-4-6-18(19)21/h4-10,12H,11H2,1-3H3. The van der Waals surface area contributed by atoms with Gasteiger partial charge in [0, 0.05) is 12.3 Å². The van der Waals surface area contributed by atoms with Crippen molar-refractivity contribution in [2.75, 3.05) is 4.90 Å². The molecule has 26 heavy (non-hydrogen) atoms. The highest BCUT2D eigenvalue weighted by atomic mass is 32.1. The van der Waals surface area contributed by atoms with Gasteiger partial charge in [0.1, 0.15) is 6.61 Å². The Hall–Kier alpha value is -2.73. The van der Waals surface area contributed by atoms with Crippen molar-refractivity contribution in [1.29, 1.82) is 0 Å². The first-order chi connectivity index (χ1) is 12.5. The van der Waals surface area contributed by atoms with Gasteiger partial charge in [0.2, 0.25) is 5.91 Å². The number of carbonyl (C=O) groups is 1. The van der Waals surface area contributed by atoms with Gasteiger partial charge < -0.3 is 4.74 Å². The van der Waals surface area contributed by atoms with E-state index >= 15 is 0 Å². The van der Waals surface area contributed by atoms with Crippen LogP contribution in [0.2, 0.25) is 0 Å². The van der Waals surface area contributed by atoms with E-state index in [-0.39, 0.29) is 18.3 Å². The van der Waals surface area contributed by atoms with Crippen molar-refractivity contribution in [3.8, 4) is 5.75 Å². The Balaban J connectivity index is 1.80. The van der Waals surface area contributed by atoms with Gasteiger partial charge in [-0.05, 0) is 49.2 Å². The van der Waals surface area contributed by atoms with Crippen LogP contribution in [0, 0.1) is 19.7 Å². The lowest BCUT2D eigenvalue weighted by Crippen LogP contribution is -2.22. The molecule has 0 unspecified atom stereocenters. The van der Waals surface area contributed by atoms with Gasteiger partial charge in [-0.25, -0.2) is 9.37 Å². The normalized spacial score (nSPS) is 10.6. The fourth-order valence-electron chi connectivity index (χ4n) is 2.47. The second-order valence-corrected chi connectivity index (χ2v) is 6.80. The number of benzene rings is 2. The summed E-state index contributed by atoms with van der Waals surface area (Å²) in [5.74, 6) is -0.354.